The van der Waals surface area contributed by atoms with Gasteiger partial charge in [-0.05, 0) is 12.1 Å². The van der Waals surface area contributed by atoms with E-state index in [1.165, 1.54) is 12.1 Å². The largest absolute Gasteiger partial charge is 0.506 e. The zero-order chi connectivity index (χ0) is 6.69. The summed E-state index contributed by atoms with van der Waals surface area (Å²) >= 11 is 0. The van der Waals surface area contributed by atoms with E-state index in [9.17, 15) is 0 Å². The Morgan fingerprint density at radius 1 is 1.67 bits per heavy atom. The fourth-order valence-electron chi connectivity index (χ4n) is 0.501. The third kappa shape index (κ3) is 1.17. The van der Waals surface area contributed by atoms with Crippen LogP contribution in [0.1, 0.15) is 5.69 Å². The predicted molar refractivity (Wildman–Crippen MR) is 30.7 cm³/mol. The van der Waals surface area contributed by atoms with Crippen LogP contribution in [0.3, 0.4) is 0 Å². The Labute approximate surface area is 52.6 Å². The van der Waals surface area contributed by atoms with Crippen LogP contribution in [-0.2, 0) is 6.61 Å². The lowest BCUT2D eigenvalue weighted by molar-refractivity contribution is 0.270. The Morgan fingerprint density at radius 3 is 2.89 bits per heavy atom. The Kier molecular flexibility index (Phi) is 1.65. The smallest absolute Gasteiger partial charge is 0.139 e. The van der Waals surface area contributed by atoms with Crippen molar-refractivity contribution in [3.8, 4) is 5.75 Å². The lowest BCUT2D eigenvalue weighted by atomic mass is 10.3. The first-order chi connectivity index (χ1) is 4.34. The summed E-state index contributed by atoms with van der Waals surface area (Å²) in [6.07, 6.45) is 2.48. The maximum atomic E-state index is 8.87. The van der Waals surface area contributed by atoms with E-state index in [1.807, 2.05) is 0 Å². The van der Waals surface area contributed by atoms with Crippen molar-refractivity contribution < 1.29 is 10.2 Å². The van der Waals surface area contributed by atoms with E-state index in [1.54, 1.807) is 0 Å². The summed E-state index contributed by atoms with van der Waals surface area (Å²) in [4.78, 5) is 3.57. The van der Waals surface area contributed by atoms with Crippen LogP contribution in [0.5, 0.6) is 5.75 Å². The molecule has 0 aliphatic carbocycles. The second kappa shape index (κ2) is 2.46. The molecule has 0 aliphatic rings. The molecule has 1 rings (SSSR count). The second-order valence-electron chi connectivity index (χ2n) is 1.56. The van der Waals surface area contributed by atoms with Crippen LogP contribution >= 0.6 is 0 Å². The number of pyridine rings is 1. The van der Waals surface area contributed by atoms with Crippen LogP contribution in [-0.4, -0.2) is 15.2 Å². The molecule has 2 N–H and O–H groups in total. The third-order valence-corrected chi connectivity index (χ3v) is 0.961. The molecular weight excluding hydrogens is 118 g/mol. The summed E-state index contributed by atoms with van der Waals surface area (Å²) in [7, 11) is 0. The van der Waals surface area contributed by atoms with Gasteiger partial charge in [0.1, 0.15) is 11.4 Å². The monoisotopic (exact) mass is 124 g/mol. The summed E-state index contributed by atoms with van der Waals surface area (Å²) in [6.45, 7) is -0.247. The van der Waals surface area contributed by atoms with E-state index in [0.717, 1.165) is 0 Å². The first kappa shape index (κ1) is 6.04. The van der Waals surface area contributed by atoms with Crippen LogP contribution in [0.15, 0.2) is 12.1 Å². The minimum absolute atomic E-state index is 0.0104. The summed E-state index contributed by atoms with van der Waals surface area (Å²) in [5, 5.41) is 17.3. The zero-order valence-electron chi connectivity index (χ0n) is 4.70. The van der Waals surface area contributed by atoms with Crippen molar-refractivity contribution in [3.63, 3.8) is 0 Å². The lowest BCUT2D eigenvalue weighted by Gasteiger charge is -1.94. The number of aromatic hydroxyl groups is 1. The average molecular weight is 124 g/mol. The second-order valence-corrected chi connectivity index (χ2v) is 1.56. The topological polar surface area (TPSA) is 53.4 Å². The van der Waals surface area contributed by atoms with E-state index >= 15 is 0 Å². The minimum Gasteiger partial charge on any atom is -0.506 e. The van der Waals surface area contributed by atoms with Gasteiger partial charge in [-0.15, -0.1) is 0 Å². The molecule has 1 aromatic rings. The molecule has 1 radical (unpaired) electrons. The maximum absolute atomic E-state index is 8.87. The molecule has 3 heteroatoms. The van der Waals surface area contributed by atoms with Gasteiger partial charge in [-0.3, -0.25) is 0 Å². The molecule has 0 atom stereocenters. The first-order valence-electron chi connectivity index (χ1n) is 2.50. The molecule has 1 aromatic heterocycles. The van der Waals surface area contributed by atoms with Gasteiger partial charge in [0.15, 0.2) is 0 Å². The highest BCUT2D eigenvalue weighted by molar-refractivity contribution is 5.23. The van der Waals surface area contributed by atoms with Crippen LogP contribution in [0.4, 0.5) is 0 Å². The molecule has 1 heterocycles. The van der Waals surface area contributed by atoms with E-state index in [2.05, 4.69) is 11.2 Å². The van der Waals surface area contributed by atoms with Crippen molar-refractivity contribution in [1.82, 2.24) is 4.98 Å². The highest BCUT2D eigenvalue weighted by Gasteiger charge is 1.96. The highest BCUT2D eigenvalue weighted by Crippen LogP contribution is 2.10. The number of aromatic nitrogens is 1. The van der Waals surface area contributed by atoms with Gasteiger partial charge >= 0.3 is 0 Å². The van der Waals surface area contributed by atoms with E-state index in [0.29, 0.717) is 0 Å². The van der Waals surface area contributed by atoms with Crippen molar-refractivity contribution in [2.45, 2.75) is 6.61 Å². The number of hydrogen-bond donors (Lipinski definition) is 2. The summed E-state index contributed by atoms with van der Waals surface area (Å²) in [5.41, 5.74) is 0.262. The van der Waals surface area contributed by atoms with Gasteiger partial charge in [0.2, 0.25) is 0 Å². The Morgan fingerprint density at radius 2 is 2.44 bits per heavy atom. The van der Waals surface area contributed by atoms with Gasteiger partial charge in [0.25, 0.3) is 0 Å². The van der Waals surface area contributed by atoms with Crippen molar-refractivity contribution in [3.05, 3.63) is 24.0 Å². The molecule has 0 aromatic carbocycles. The van der Waals surface area contributed by atoms with Crippen molar-refractivity contribution in [1.29, 1.82) is 0 Å². The Bertz CT molecular complexity index is 200. The molecule has 47 valence electrons. The standard InChI is InChI=1S/C6H6NO2/c8-4-5-6(9)2-1-3-7-5/h1-2,8-9H,4H2. The summed E-state index contributed by atoms with van der Waals surface area (Å²) in [6, 6.07) is 2.91. The number of aliphatic hydroxyl groups excluding tert-OH is 1. The molecule has 9 heavy (non-hydrogen) atoms. The van der Waals surface area contributed by atoms with E-state index < -0.39 is 0 Å². The Balaban J connectivity index is 3.01. The highest BCUT2D eigenvalue weighted by atomic mass is 16.3. The van der Waals surface area contributed by atoms with Gasteiger partial charge in [0, 0.05) is 0 Å². The molecule has 3 nitrogen and oxygen atoms in total. The minimum atomic E-state index is -0.247. The van der Waals surface area contributed by atoms with Crippen molar-refractivity contribution >= 4 is 0 Å². The average Bonchev–Trinajstić information content (AvgIpc) is 1.89. The molecule has 0 aliphatic heterocycles. The van der Waals surface area contributed by atoms with Gasteiger partial charge in [0.05, 0.1) is 12.8 Å². The first-order valence-corrected chi connectivity index (χ1v) is 2.50. The molecule has 0 saturated carbocycles. The SMILES string of the molecule is OCc1n[c]ccc1O. The molecule has 0 saturated heterocycles. The zero-order valence-corrected chi connectivity index (χ0v) is 4.70. The van der Waals surface area contributed by atoms with Gasteiger partial charge in [-0.25, -0.2) is 4.98 Å². The fraction of sp³-hybridized carbons (Fsp3) is 0.167. The summed E-state index contributed by atoms with van der Waals surface area (Å²) < 4.78 is 0. The third-order valence-electron chi connectivity index (χ3n) is 0.961. The molecule has 0 bridgehead atoms. The summed E-state index contributed by atoms with van der Waals surface area (Å²) in [5.74, 6) is 0.0104. The van der Waals surface area contributed by atoms with Crippen LogP contribution in [0, 0.1) is 6.20 Å². The van der Waals surface area contributed by atoms with Gasteiger partial charge < -0.3 is 10.2 Å². The van der Waals surface area contributed by atoms with E-state index in [4.69, 9.17) is 10.2 Å². The normalized spacial score (nSPS) is 9.44. The maximum Gasteiger partial charge on any atom is 0.139 e. The van der Waals surface area contributed by atoms with Crippen LogP contribution in [0.2, 0.25) is 0 Å². The number of hydrogen-bond acceptors (Lipinski definition) is 3. The molecular formula is C6H6NO2. The molecule has 0 unspecified atom stereocenters. The molecule has 0 fully saturated rings. The quantitative estimate of drug-likeness (QED) is 0.557. The Hall–Kier alpha value is -1.09. The fourth-order valence-corrected chi connectivity index (χ4v) is 0.501. The van der Waals surface area contributed by atoms with Crippen molar-refractivity contribution in [2.75, 3.05) is 0 Å². The van der Waals surface area contributed by atoms with Gasteiger partial charge in [-0.1, -0.05) is 0 Å². The van der Waals surface area contributed by atoms with Crippen LogP contribution < -0.4 is 0 Å². The molecule has 0 amide bonds. The van der Waals surface area contributed by atoms with E-state index in [-0.39, 0.29) is 18.1 Å². The van der Waals surface area contributed by atoms with Crippen molar-refractivity contribution in [2.24, 2.45) is 0 Å². The number of aliphatic hydroxyl groups is 1. The molecule has 0 spiro atoms. The van der Waals surface area contributed by atoms with Crippen LogP contribution in [0.25, 0.3) is 0 Å². The predicted octanol–water partition coefficient (Wildman–Crippen LogP) is 0.0797. The van der Waals surface area contributed by atoms with Gasteiger partial charge in [-0.2, -0.15) is 0 Å². The lowest BCUT2D eigenvalue weighted by Crippen LogP contribution is -1.87. The number of nitrogens with zero attached hydrogens (tertiary/aromatic N) is 1. The number of rotatable bonds is 1.